The Morgan fingerprint density at radius 2 is 2.09 bits per heavy atom. The first kappa shape index (κ1) is 16.5. The van der Waals surface area contributed by atoms with Crippen LogP contribution in [0.15, 0.2) is 23.8 Å². The number of carbonyl (C=O) groups excluding carboxylic acids is 1. The Morgan fingerprint density at radius 1 is 1.39 bits per heavy atom. The molecule has 2 rings (SSSR count). The molecule has 0 saturated heterocycles. The Kier molecular flexibility index (Phi) is 5.31. The minimum absolute atomic E-state index is 0.0479. The van der Waals surface area contributed by atoms with Gasteiger partial charge >= 0.3 is 0 Å². The normalized spacial score (nSPS) is 15.7. The fourth-order valence-electron chi connectivity index (χ4n) is 2.59. The first-order valence-corrected chi connectivity index (χ1v) is 7.41. The molecule has 0 unspecified atom stereocenters. The summed E-state index contributed by atoms with van der Waals surface area (Å²) in [5, 5.41) is 32.5. The second-order valence-corrected chi connectivity index (χ2v) is 5.48. The lowest BCUT2D eigenvalue weighted by atomic mass is 9.95. The highest BCUT2D eigenvalue weighted by atomic mass is 16.6. The molecule has 0 bridgehead atoms. The molecule has 1 fully saturated rings. The van der Waals surface area contributed by atoms with Crippen molar-refractivity contribution in [3.63, 3.8) is 0 Å². The van der Waals surface area contributed by atoms with Crippen LogP contribution in [0, 0.1) is 21.4 Å². The Labute approximate surface area is 133 Å². The van der Waals surface area contributed by atoms with Crippen LogP contribution >= 0.6 is 0 Å². The van der Waals surface area contributed by atoms with Gasteiger partial charge in [0.25, 0.3) is 11.6 Å². The monoisotopic (exact) mass is 315 g/mol. The largest absolute Gasteiger partial charge is 0.507 e. The van der Waals surface area contributed by atoms with Gasteiger partial charge in [0, 0.05) is 23.7 Å². The zero-order valence-electron chi connectivity index (χ0n) is 12.5. The maximum atomic E-state index is 12.2. The second-order valence-electron chi connectivity index (χ2n) is 5.48. The number of nitrogens with zero attached hydrogens (tertiary/aromatic N) is 2. The Bertz CT molecular complexity index is 685. The topological polar surface area (TPSA) is 116 Å². The van der Waals surface area contributed by atoms with Crippen LogP contribution in [-0.4, -0.2) is 22.0 Å². The molecule has 0 aromatic heterocycles. The van der Waals surface area contributed by atoms with Gasteiger partial charge in [-0.3, -0.25) is 14.9 Å². The van der Waals surface area contributed by atoms with Gasteiger partial charge in [-0.25, -0.2) is 0 Å². The predicted octanol–water partition coefficient (Wildman–Crippen LogP) is 2.66. The summed E-state index contributed by atoms with van der Waals surface area (Å²) in [6.45, 7) is 0. The molecule has 7 heteroatoms. The van der Waals surface area contributed by atoms with Gasteiger partial charge in [0.05, 0.1) is 4.92 Å². The number of amides is 1. The van der Waals surface area contributed by atoms with Crippen molar-refractivity contribution in [3.05, 3.63) is 39.4 Å². The summed E-state index contributed by atoms with van der Waals surface area (Å²) in [6.07, 6.45) is 6.17. The third kappa shape index (κ3) is 4.30. The lowest BCUT2D eigenvalue weighted by Gasteiger charge is -2.22. The number of nitrogens with one attached hydrogen (secondary N) is 1. The van der Waals surface area contributed by atoms with E-state index in [-0.39, 0.29) is 28.6 Å². The molecule has 7 nitrogen and oxygen atoms in total. The molecule has 0 heterocycles. The second kappa shape index (κ2) is 7.40. The zero-order chi connectivity index (χ0) is 16.8. The lowest BCUT2D eigenvalue weighted by Crippen LogP contribution is -2.36. The summed E-state index contributed by atoms with van der Waals surface area (Å²) in [7, 11) is 0. The first-order valence-electron chi connectivity index (χ1n) is 7.41. The van der Waals surface area contributed by atoms with E-state index in [1.54, 1.807) is 6.07 Å². The summed E-state index contributed by atoms with van der Waals surface area (Å²) < 4.78 is 0. The molecule has 2 N–H and O–H groups in total. The molecule has 1 aromatic rings. The van der Waals surface area contributed by atoms with Crippen molar-refractivity contribution in [2.24, 2.45) is 0 Å². The molecular weight excluding hydrogens is 298 g/mol. The smallest absolute Gasteiger partial charge is 0.270 e. The van der Waals surface area contributed by atoms with E-state index >= 15 is 0 Å². The molecule has 1 aliphatic rings. The highest BCUT2D eigenvalue weighted by Crippen LogP contribution is 2.25. The number of hydrogen-bond donors (Lipinski definition) is 2. The average molecular weight is 315 g/mol. The van der Waals surface area contributed by atoms with Crippen LogP contribution in [0.4, 0.5) is 5.69 Å². The van der Waals surface area contributed by atoms with Crippen molar-refractivity contribution in [1.29, 1.82) is 5.26 Å². The molecule has 1 aliphatic carbocycles. The van der Waals surface area contributed by atoms with Crippen molar-refractivity contribution in [2.45, 2.75) is 38.1 Å². The van der Waals surface area contributed by atoms with Gasteiger partial charge in [-0.15, -0.1) is 0 Å². The quantitative estimate of drug-likeness (QED) is 0.383. The summed E-state index contributed by atoms with van der Waals surface area (Å²) in [5.41, 5.74) is -0.347. The molecule has 0 radical (unpaired) electrons. The Hall–Kier alpha value is -2.88. The predicted molar refractivity (Wildman–Crippen MR) is 83.4 cm³/mol. The minimum Gasteiger partial charge on any atom is -0.507 e. The van der Waals surface area contributed by atoms with E-state index in [0.29, 0.717) is 0 Å². The number of carbonyl (C=O) groups is 1. The van der Waals surface area contributed by atoms with Gasteiger partial charge in [-0.05, 0) is 25.0 Å². The molecule has 0 atom stereocenters. The summed E-state index contributed by atoms with van der Waals surface area (Å²) >= 11 is 0. The number of rotatable bonds is 4. The van der Waals surface area contributed by atoms with E-state index < -0.39 is 10.8 Å². The number of nitro benzene ring substituents is 1. The van der Waals surface area contributed by atoms with Gasteiger partial charge < -0.3 is 10.4 Å². The van der Waals surface area contributed by atoms with Gasteiger partial charge in [-0.1, -0.05) is 19.3 Å². The van der Waals surface area contributed by atoms with E-state index in [9.17, 15) is 20.0 Å². The van der Waals surface area contributed by atoms with Crippen LogP contribution in [0.25, 0.3) is 6.08 Å². The Morgan fingerprint density at radius 3 is 2.70 bits per heavy atom. The van der Waals surface area contributed by atoms with Gasteiger partial charge in [0.2, 0.25) is 0 Å². The van der Waals surface area contributed by atoms with Crippen LogP contribution in [0.3, 0.4) is 0 Å². The highest BCUT2D eigenvalue weighted by Gasteiger charge is 2.19. The van der Waals surface area contributed by atoms with Gasteiger partial charge in [0.1, 0.15) is 17.4 Å². The van der Waals surface area contributed by atoms with Crippen molar-refractivity contribution >= 4 is 17.7 Å². The Balaban J connectivity index is 2.20. The number of phenolic OH excluding ortho intramolecular Hbond substituents is 1. The van der Waals surface area contributed by atoms with E-state index in [1.165, 1.54) is 6.08 Å². The summed E-state index contributed by atoms with van der Waals surface area (Å²) in [4.78, 5) is 22.3. The fourth-order valence-corrected chi connectivity index (χ4v) is 2.59. The van der Waals surface area contributed by atoms with E-state index in [2.05, 4.69) is 5.32 Å². The van der Waals surface area contributed by atoms with Gasteiger partial charge in [-0.2, -0.15) is 5.26 Å². The maximum absolute atomic E-state index is 12.2. The van der Waals surface area contributed by atoms with E-state index in [0.717, 1.165) is 50.3 Å². The number of non-ortho nitro benzene ring substituents is 1. The SMILES string of the molecule is N#C/C(=C\c1cc([N+](=O)[O-])ccc1O)C(=O)NC1CCCCC1. The molecule has 0 aliphatic heterocycles. The average Bonchev–Trinajstić information content (AvgIpc) is 2.54. The van der Waals surface area contributed by atoms with Gasteiger partial charge in [0.15, 0.2) is 0 Å². The summed E-state index contributed by atoms with van der Waals surface area (Å²) in [5.74, 6) is -0.751. The van der Waals surface area contributed by atoms with Crippen molar-refractivity contribution in [1.82, 2.24) is 5.32 Å². The van der Waals surface area contributed by atoms with E-state index in [4.69, 9.17) is 5.26 Å². The maximum Gasteiger partial charge on any atom is 0.270 e. The van der Waals surface area contributed by atoms with Crippen LogP contribution in [0.1, 0.15) is 37.7 Å². The molecule has 0 spiro atoms. The standard InChI is InChI=1S/C16H17N3O4/c17-10-12(16(21)18-13-4-2-1-3-5-13)8-11-9-14(19(22)23)6-7-15(11)20/h6-9,13,20H,1-5H2,(H,18,21)/b12-8+. The van der Waals surface area contributed by atoms with Crippen LogP contribution in [-0.2, 0) is 4.79 Å². The third-order valence-electron chi connectivity index (χ3n) is 3.83. The third-order valence-corrected chi connectivity index (χ3v) is 3.83. The molecule has 23 heavy (non-hydrogen) atoms. The minimum atomic E-state index is -0.606. The number of nitriles is 1. The number of phenols is 1. The molecule has 1 aromatic carbocycles. The van der Waals surface area contributed by atoms with Crippen molar-refractivity contribution < 1.29 is 14.8 Å². The first-order chi connectivity index (χ1) is 11.0. The van der Waals surface area contributed by atoms with Crippen LogP contribution in [0.2, 0.25) is 0 Å². The molecule has 1 amide bonds. The fraction of sp³-hybridized carbons (Fsp3) is 0.375. The number of benzene rings is 1. The highest BCUT2D eigenvalue weighted by molar-refractivity contribution is 6.02. The lowest BCUT2D eigenvalue weighted by molar-refractivity contribution is -0.384. The molecular formula is C16H17N3O4. The number of hydrogen-bond acceptors (Lipinski definition) is 5. The van der Waals surface area contributed by atoms with Crippen LogP contribution in [0.5, 0.6) is 5.75 Å². The van der Waals surface area contributed by atoms with Crippen LogP contribution < -0.4 is 5.32 Å². The van der Waals surface area contributed by atoms with Crippen molar-refractivity contribution in [2.75, 3.05) is 0 Å². The zero-order valence-corrected chi connectivity index (χ0v) is 12.5. The van der Waals surface area contributed by atoms with Crippen molar-refractivity contribution in [3.8, 4) is 11.8 Å². The van der Waals surface area contributed by atoms with E-state index in [1.807, 2.05) is 0 Å². The number of aromatic hydroxyl groups is 1. The molecule has 120 valence electrons. The summed E-state index contributed by atoms with van der Waals surface area (Å²) in [6, 6.07) is 5.28. The molecule has 1 saturated carbocycles. The number of nitro groups is 1.